The van der Waals surface area contributed by atoms with Gasteiger partial charge in [-0.05, 0) is 19.3 Å². The average Bonchev–Trinajstić information content (AvgIpc) is 2.26. The summed E-state index contributed by atoms with van der Waals surface area (Å²) < 4.78 is 13.2. The summed E-state index contributed by atoms with van der Waals surface area (Å²) in [4.78, 5) is 81.5. The van der Waals surface area contributed by atoms with E-state index in [2.05, 4.69) is 18.9 Å². The molecule has 16 heteroatoms. The van der Waals surface area contributed by atoms with Crippen LogP contribution in [0.5, 0.6) is 0 Å². The fourth-order valence-corrected chi connectivity index (χ4v) is 10.4. The second kappa shape index (κ2) is 9.72. The van der Waals surface area contributed by atoms with Crippen molar-refractivity contribution in [3.8, 4) is 0 Å². The minimum atomic E-state index is -5.40. The number of hydrogen-bond donors (Lipinski definition) is 9. The maximum Gasteiger partial charge on any atom is 0.663 e. The van der Waals surface area contributed by atoms with Crippen molar-refractivity contribution in [3.63, 3.8) is 0 Å². The van der Waals surface area contributed by atoms with Crippen LogP contribution in [0.3, 0.4) is 0 Å². The van der Waals surface area contributed by atoms with Gasteiger partial charge in [-0.25, -0.2) is 0 Å². The molecule has 12 nitrogen and oxygen atoms in total. The predicted molar refractivity (Wildman–Crippen MR) is 84.3 cm³/mol. The quantitative estimate of drug-likeness (QED) is 0.0796. The van der Waals surface area contributed by atoms with Gasteiger partial charge >= 0.3 is 35.9 Å². The van der Waals surface area contributed by atoms with Gasteiger partial charge in [0, 0.05) is 6.04 Å². The van der Waals surface area contributed by atoms with Crippen LogP contribution in [0, 0.1) is 0 Å². The standard InChI is InChI=1S/C8H24O12Si4/c1-2-3-4-5-6-7-8-21(18-22(9,10)11,19-23(12,13)14)20-24(15,16)17/h2,9-17H,1,3-8H2. The monoisotopic (exact) mass is 424 g/mol. The van der Waals surface area contributed by atoms with Crippen LogP contribution in [0.4, 0.5) is 0 Å². The first-order chi connectivity index (χ1) is 10.7. The molecule has 0 bridgehead atoms. The van der Waals surface area contributed by atoms with E-state index in [-0.39, 0.29) is 6.42 Å². The molecule has 0 aromatic carbocycles. The van der Waals surface area contributed by atoms with Crippen molar-refractivity contribution in [2.24, 2.45) is 0 Å². The molecule has 0 aromatic rings. The Kier molecular flexibility index (Phi) is 9.77. The molecule has 0 aromatic heterocycles. The van der Waals surface area contributed by atoms with E-state index in [4.69, 9.17) is 43.2 Å². The first kappa shape index (κ1) is 24.1. The van der Waals surface area contributed by atoms with Gasteiger partial charge in [0.1, 0.15) is 0 Å². The summed E-state index contributed by atoms with van der Waals surface area (Å²) in [5.41, 5.74) is 0. The van der Waals surface area contributed by atoms with Crippen molar-refractivity contribution in [1.82, 2.24) is 0 Å². The molecule has 0 aliphatic rings. The summed E-state index contributed by atoms with van der Waals surface area (Å²) in [6.45, 7) is 3.55. The molecule has 24 heavy (non-hydrogen) atoms. The Morgan fingerprint density at radius 3 is 1.33 bits per heavy atom. The van der Waals surface area contributed by atoms with Crippen molar-refractivity contribution in [3.05, 3.63) is 12.7 Å². The Hall–Kier alpha value is 0.128. The summed E-state index contributed by atoms with van der Waals surface area (Å²) in [7, 11) is -21.0. The largest absolute Gasteiger partial charge is 0.663 e. The number of allylic oxidation sites excluding steroid dienone is 1. The van der Waals surface area contributed by atoms with Crippen LogP contribution >= 0.6 is 0 Å². The average molecular weight is 425 g/mol. The molecule has 0 amide bonds. The number of rotatable bonds is 13. The van der Waals surface area contributed by atoms with Crippen molar-refractivity contribution in [2.45, 2.75) is 38.1 Å². The molecule has 0 aliphatic heterocycles. The number of unbranched alkanes of at least 4 members (excludes halogenated alkanes) is 4. The molecular weight excluding hydrogens is 400 g/mol. The lowest BCUT2D eigenvalue weighted by atomic mass is 10.1. The molecule has 0 fully saturated rings. The molecule has 0 unspecified atom stereocenters. The van der Waals surface area contributed by atoms with E-state index >= 15 is 0 Å². The highest BCUT2D eigenvalue weighted by Crippen LogP contribution is 2.26. The minimum absolute atomic E-state index is 0.142. The second-order valence-corrected chi connectivity index (χ2v) is 12.7. The highest BCUT2D eigenvalue weighted by molar-refractivity contribution is 6.80. The van der Waals surface area contributed by atoms with Gasteiger partial charge in [-0.15, -0.1) is 6.58 Å². The van der Waals surface area contributed by atoms with Gasteiger partial charge in [-0.3, -0.25) is 0 Å². The van der Waals surface area contributed by atoms with Crippen molar-refractivity contribution in [1.29, 1.82) is 0 Å². The van der Waals surface area contributed by atoms with Crippen LogP contribution in [0.25, 0.3) is 0 Å². The highest BCUT2D eigenvalue weighted by Gasteiger charge is 2.60. The van der Waals surface area contributed by atoms with E-state index in [0.717, 1.165) is 12.8 Å². The Labute approximate surface area is 142 Å². The molecule has 0 spiro atoms. The molecule has 0 rings (SSSR count). The van der Waals surface area contributed by atoms with E-state index in [0.29, 0.717) is 12.8 Å². The highest BCUT2D eigenvalue weighted by atomic mass is 28.5. The predicted octanol–water partition coefficient (Wildman–Crippen LogP) is -3.65. The fraction of sp³-hybridized carbons (Fsp3) is 0.750. The van der Waals surface area contributed by atoms with Crippen molar-refractivity contribution in [2.75, 3.05) is 0 Å². The Morgan fingerprint density at radius 2 is 1.00 bits per heavy atom. The van der Waals surface area contributed by atoms with Crippen LogP contribution in [0.15, 0.2) is 12.7 Å². The molecular formula is C8H24O12Si4. The molecule has 0 heterocycles. The molecule has 0 radical (unpaired) electrons. The third-order valence-corrected chi connectivity index (χ3v) is 10.5. The summed E-state index contributed by atoms with van der Waals surface area (Å²) in [5, 5.41) is 0. The molecule has 0 saturated carbocycles. The SMILES string of the molecule is C=CCCCCCC[Si](O[Si](O)(O)O)(O[Si](O)(O)O)O[Si](O)(O)O. The van der Waals surface area contributed by atoms with E-state index in [9.17, 15) is 0 Å². The van der Waals surface area contributed by atoms with E-state index in [1.54, 1.807) is 6.08 Å². The summed E-state index contributed by atoms with van der Waals surface area (Å²) in [5.74, 6) is 0. The van der Waals surface area contributed by atoms with Crippen LogP contribution in [-0.2, 0) is 12.3 Å². The van der Waals surface area contributed by atoms with Gasteiger partial charge in [-0.2, -0.15) is 0 Å². The van der Waals surface area contributed by atoms with Crippen LogP contribution < -0.4 is 0 Å². The van der Waals surface area contributed by atoms with E-state index in [1.165, 1.54) is 0 Å². The van der Waals surface area contributed by atoms with Crippen LogP contribution in [0.2, 0.25) is 6.04 Å². The fourth-order valence-electron chi connectivity index (χ4n) is 1.83. The van der Waals surface area contributed by atoms with Gasteiger partial charge in [0.05, 0.1) is 0 Å². The maximum absolute atomic E-state index is 9.05. The lowest BCUT2D eigenvalue weighted by Crippen LogP contribution is -2.66. The van der Waals surface area contributed by atoms with Crippen molar-refractivity contribution < 1.29 is 55.5 Å². The topological polar surface area (TPSA) is 210 Å². The van der Waals surface area contributed by atoms with Crippen LogP contribution in [0.1, 0.15) is 32.1 Å². The lowest BCUT2D eigenvalue weighted by molar-refractivity contribution is 0.0251. The summed E-state index contributed by atoms with van der Waals surface area (Å²) >= 11 is 0. The Morgan fingerprint density at radius 1 is 0.625 bits per heavy atom. The molecule has 0 aliphatic carbocycles. The zero-order valence-corrected chi connectivity index (χ0v) is 16.8. The second-order valence-electron chi connectivity index (χ2n) is 4.95. The third-order valence-electron chi connectivity index (χ3n) is 2.52. The normalized spacial score (nSPS) is 14.0. The van der Waals surface area contributed by atoms with Gasteiger partial charge in [-0.1, -0.05) is 18.9 Å². The van der Waals surface area contributed by atoms with Crippen LogP contribution in [-0.4, -0.2) is 79.1 Å². The number of hydrogen-bond acceptors (Lipinski definition) is 12. The third kappa shape index (κ3) is 13.4. The summed E-state index contributed by atoms with van der Waals surface area (Å²) in [6.07, 6.45) is 4.58. The molecule has 0 saturated heterocycles. The van der Waals surface area contributed by atoms with E-state index < -0.39 is 42.0 Å². The zero-order chi connectivity index (χ0) is 19.1. The molecule has 0 atom stereocenters. The van der Waals surface area contributed by atoms with Gasteiger partial charge in [0.2, 0.25) is 0 Å². The van der Waals surface area contributed by atoms with Gasteiger partial charge in [0.25, 0.3) is 0 Å². The van der Waals surface area contributed by atoms with Crippen molar-refractivity contribution >= 4 is 35.9 Å². The van der Waals surface area contributed by atoms with Gasteiger partial charge in [0.15, 0.2) is 0 Å². The smallest absolute Gasteiger partial charge is 0.368 e. The van der Waals surface area contributed by atoms with E-state index in [1.807, 2.05) is 0 Å². The lowest BCUT2D eigenvalue weighted by Gasteiger charge is -2.34. The Balaban J connectivity index is 5.13. The first-order valence-electron chi connectivity index (χ1n) is 6.91. The molecule has 9 N–H and O–H groups in total. The van der Waals surface area contributed by atoms with Gasteiger partial charge < -0.3 is 55.5 Å². The zero-order valence-electron chi connectivity index (χ0n) is 12.8. The minimum Gasteiger partial charge on any atom is -0.368 e. The summed E-state index contributed by atoms with van der Waals surface area (Å²) in [6, 6.07) is -0.468. The molecule has 144 valence electrons. The Bertz CT molecular complexity index is 334. The first-order valence-corrected chi connectivity index (χ1v) is 14.1. The maximum atomic E-state index is 9.05.